The summed E-state index contributed by atoms with van der Waals surface area (Å²) in [6.07, 6.45) is 3.10. The highest BCUT2D eigenvalue weighted by atomic mass is 16.6. The van der Waals surface area contributed by atoms with Gasteiger partial charge in [0.15, 0.2) is 0 Å². The average Bonchev–Trinajstić information content (AvgIpc) is 3.01. The van der Waals surface area contributed by atoms with E-state index in [-0.39, 0.29) is 35.9 Å². The number of fused-ring (bicyclic) bond motifs is 7. The molecule has 2 N–H and O–H groups in total. The second-order valence-corrected chi connectivity index (χ2v) is 8.92. The van der Waals surface area contributed by atoms with Crippen molar-refractivity contribution in [2.45, 2.75) is 62.8 Å². The molecular weight excluding hydrogens is 332 g/mol. The van der Waals surface area contributed by atoms with Crippen molar-refractivity contribution in [2.24, 2.45) is 17.3 Å². The molecule has 1 aromatic carbocycles. The Kier molecular flexibility index (Phi) is 3.33. The number of esters is 1. The fourth-order valence-corrected chi connectivity index (χ4v) is 6.77. The van der Waals surface area contributed by atoms with Crippen molar-refractivity contribution < 1.29 is 24.5 Å². The van der Waals surface area contributed by atoms with E-state index >= 15 is 0 Å². The molecule has 1 aliphatic heterocycles. The Hall–Kier alpha value is -1.59. The normalized spacial score (nSPS) is 46.1. The van der Waals surface area contributed by atoms with E-state index in [4.69, 9.17) is 9.47 Å². The van der Waals surface area contributed by atoms with Crippen molar-refractivity contribution in [3.05, 3.63) is 29.3 Å². The molecule has 1 aromatic rings. The molecule has 140 valence electrons. The largest absolute Gasteiger partial charge is 0.508 e. The maximum absolute atomic E-state index is 11.8. The number of ether oxygens (including phenoxy) is 2. The first kappa shape index (κ1) is 16.6. The molecule has 0 bridgehead atoms. The van der Waals surface area contributed by atoms with Crippen LogP contribution in [0.2, 0.25) is 0 Å². The summed E-state index contributed by atoms with van der Waals surface area (Å²) in [4.78, 5) is 11.8. The Morgan fingerprint density at radius 1 is 1.35 bits per heavy atom. The Morgan fingerprint density at radius 2 is 2.15 bits per heavy atom. The van der Waals surface area contributed by atoms with E-state index in [1.807, 2.05) is 6.07 Å². The first-order valence-electron chi connectivity index (χ1n) is 9.64. The fraction of sp³-hybridized carbons (Fsp3) is 0.667. The SMILES string of the molecule is CO[C@H]1Cc2cc(O)ccc2[C@H]2CC[C@@]3(C)[C@@H](CC4OC(=O)C[C@@]43O)[C@H]12. The molecule has 5 rings (SSSR count). The van der Waals surface area contributed by atoms with Crippen LogP contribution in [-0.2, 0) is 20.7 Å². The van der Waals surface area contributed by atoms with Crippen LogP contribution in [0.1, 0.15) is 49.7 Å². The molecule has 3 aliphatic carbocycles. The quantitative estimate of drug-likeness (QED) is 0.755. The van der Waals surface area contributed by atoms with Crippen molar-refractivity contribution in [3.63, 3.8) is 0 Å². The zero-order valence-electron chi connectivity index (χ0n) is 15.3. The Bertz CT molecular complexity index is 776. The third kappa shape index (κ3) is 1.91. The lowest BCUT2D eigenvalue weighted by atomic mass is 9.52. The lowest BCUT2D eigenvalue weighted by molar-refractivity contribution is -0.142. The molecule has 2 saturated carbocycles. The highest BCUT2D eigenvalue weighted by molar-refractivity contribution is 5.74. The van der Waals surface area contributed by atoms with Gasteiger partial charge in [-0.3, -0.25) is 4.79 Å². The molecule has 5 nitrogen and oxygen atoms in total. The zero-order chi connectivity index (χ0) is 18.3. The molecule has 26 heavy (non-hydrogen) atoms. The summed E-state index contributed by atoms with van der Waals surface area (Å²) in [5, 5.41) is 21.3. The topological polar surface area (TPSA) is 76.0 Å². The van der Waals surface area contributed by atoms with Crippen LogP contribution in [0.3, 0.4) is 0 Å². The second-order valence-electron chi connectivity index (χ2n) is 8.92. The fourth-order valence-electron chi connectivity index (χ4n) is 6.77. The minimum absolute atomic E-state index is 0.0528. The summed E-state index contributed by atoms with van der Waals surface area (Å²) < 4.78 is 11.4. The van der Waals surface area contributed by atoms with Crippen LogP contribution in [0, 0.1) is 17.3 Å². The van der Waals surface area contributed by atoms with E-state index in [1.54, 1.807) is 13.2 Å². The lowest BCUT2D eigenvalue weighted by Crippen LogP contribution is -2.55. The van der Waals surface area contributed by atoms with Gasteiger partial charge in [-0.2, -0.15) is 0 Å². The molecule has 1 unspecified atom stereocenters. The van der Waals surface area contributed by atoms with Gasteiger partial charge in [-0.05, 0) is 66.7 Å². The van der Waals surface area contributed by atoms with E-state index in [1.165, 1.54) is 11.1 Å². The van der Waals surface area contributed by atoms with E-state index in [0.717, 1.165) is 19.3 Å². The first-order chi connectivity index (χ1) is 12.4. The smallest absolute Gasteiger partial charge is 0.309 e. The van der Waals surface area contributed by atoms with Crippen LogP contribution in [-0.4, -0.2) is 41.1 Å². The van der Waals surface area contributed by atoms with Crippen molar-refractivity contribution in [3.8, 4) is 5.75 Å². The van der Waals surface area contributed by atoms with Crippen molar-refractivity contribution in [1.82, 2.24) is 0 Å². The molecule has 1 heterocycles. The van der Waals surface area contributed by atoms with Gasteiger partial charge in [0.1, 0.15) is 17.5 Å². The van der Waals surface area contributed by atoms with Crippen molar-refractivity contribution in [1.29, 1.82) is 0 Å². The van der Waals surface area contributed by atoms with Crippen LogP contribution < -0.4 is 0 Å². The number of benzene rings is 1. The number of hydrogen-bond acceptors (Lipinski definition) is 5. The van der Waals surface area contributed by atoms with Gasteiger partial charge in [0.2, 0.25) is 0 Å². The molecule has 4 aliphatic rings. The Balaban J connectivity index is 1.58. The average molecular weight is 358 g/mol. The van der Waals surface area contributed by atoms with E-state index < -0.39 is 5.60 Å². The highest BCUT2D eigenvalue weighted by Crippen LogP contribution is 2.67. The second kappa shape index (κ2) is 5.23. The molecule has 0 amide bonds. The van der Waals surface area contributed by atoms with E-state index in [0.29, 0.717) is 24.0 Å². The van der Waals surface area contributed by atoms with Crippen LogP contribution in [0.25, 0.3) is 0 Å². The van der Waals surface area contributed by atoms with Crippen molar-refractivity contribution >= 4 is 5.97 Å². The summed E-state index contributed by atoms with van der Waals surface area (Å²) in [5.41, 5.74) is 1.11. The summed E-state index contributed by atoms with van der Waals surface area (Å²) in [6, 6.07) is 5.70. The van der Waals surface area contributed by atoms with Gasteiger partial charge in [-0.1, -0.05) is 13.0 Å². The number of rotatable bonds is 1. The molecule has 0 spiro atoms. The maximum Gasteiger partial charge on any atom is 0.309 e. The van der Waals surface area contributed by atoms with Gasteiger partial charge in [0, 0.05) is 12.5 Å². The van der Waals surface area contributed by atoms with Crippen LogP contribution in [0.4, 0.5) is 0 Å². The first-order valence-corrected chi connectivity index (χ1v) is 9.64. The van der Waals surface area contributed by atoms with Gasteiger partial charge in [-0.25, -0.2) is 0 Å². The number of phenolic OH excluding ortho intramolecular Hbond substituents is 1. The molecule has 0 aromatic heterocycles. The summed E-state index contributed by atoms with van der Waals surface area (Å²) in [6.45, 7) is 2.15. The third-order valence-electron chi connectivity index (χ3n) is 8.08. The maximum atomic E-state index is 11.8. The molecule has 7 atom stereocenters. The molecule has 5 heteroatoms. The number of aliphatic hydroxyl groups is 1. The van der Waals surface area contributed by atoms with Crippen LogP contribution >= 0.6 is 0 Å². The van der Waals surface area contributed by atoms with Crippen LogP contribution in [0.15, 0.2) is 18.2 Å². The lowest BCUT2D eigenvalue weighted by Gasteiger charge is -2.54. The number of methoxy groups -OCH3 is 1. The minimum atomic E-state index is -1.05. The number of hydrogen-bond donors (Lipinski definition) is 2. The minimum Gasteiger partial charge on any atom is -0.508 e. The predicted octanol–water partition coefficient (Wildman–Crippen LogP) is 2.53. The predicted molar refractivity (Wildman–Crippen MR) is 93.7 cm³/mol. The zero-order valence-corrected chi connectivity index (χ0v) is 15.3. The van der Waals surface area contributed by atoms with Gasteiger partial charge >= 0.3 is 5.97 Å². The van der Waals surface area contributed by atoms with Gasteiger partial charge < -0.3 is 19.7 Å². The Morgan fingerprint density at radius 3 is 2.92 bits per heavy atom. The summed E-state index contributed by atoms with van der Waals surface area (Å²) >= 11 is 0. The standard InChI is InChI=1S/C21H26O5/c1-20-6-5-14-13-4-3-12(22)7-11(13)8-16(25-2)19(14)15(20)9-17-21(20,24)10-18(23)26-17/h3-4,7,14-17,19,22,24H,5-6,8-10H2,1-2H3/t14-,15+,16+,17?,19-,20+,21-/m1/s1. The summed E-state index contributed by atoms with van der Waals surface area (Å²) in [7, 11) is 1.76. The monoisotopic (exact) mass is 358 g/mol. The van der Waals surface area contributed by atoms with Crippen molar-refractivity contribution in [2.75, 3.05) is 7.11 Å². The number of carbonyl (C=O) groups is 1. The molecule has 3 fully saturated rings. The summed E-state index contributed by atoms with van der Waals surface area (Å²) in [5.74, 6) is 0.947. The van der Waals surface area contributed by atoms with Crippen LogP contribution in [0.5, 0.6) is 5.75 Å². The van der Waals surface area contributed by atoms with E-state index in [2.05, 4.69) is 13.0 Å². The molecule has 1 saturated heterocycles. The number of carbonyl (C=O) groups excluding carboxylic acids is 1. The highest BCUT2D eigenvalue weighted by Gasteiger charge is 2.70. The Labute approximate surface area is 153 Å². The van der Waals surface area contributed by atoms with Gasteiger partial charge in [-0.15, -0.1) is 0 Å². The van der Waals surface area contributed by atoms with E-state index in [9.17, 15) is 15.0 Å². The molecule has 0 radical (unpaired) electrons. The third-order valence-corrected chi connectivity index (χ3v) is 8.08. The number of phenols is 1. The molecular formula is C21H26O5. The van der Waals surface area contributed by atoms with Gasteiger partial charge in [0.25, 0.3) is 0 Å². The van der Waals surface area contributed by atoms with Gasteiger partial charge in [0.05, 0.1) is 12.5 Å². The number of aromatic hydroxyl groups is 1.